The molecule has 24 heavy (non-hydrogen) atoms. The molecule has 2 aromatic rings. The van der Waals surface area contributed by atoms with Crippen molar-refractivity contribution in [3.63, 3.8) is 0 Å². The van der Waals surface area contributed by atoms with Gasteiger partial charge in [-0.15, -0.1) is 0 Å². The lowest BCUT2D eigenvalue weighted by molar-refractivity contribution is -0.384. The summed E-state index contributed by atoms with van der Waals surface area (Å²) in [7, 11) is 0. The van der Waals surface area contributed by atoms with Gasteiger partial charge in [0.25, 0.3) is 5.69 Å². The number of nitro benzene ring substituents is 1. The van der Waals surface area contributed by atoms with Crippen LogP contribution in [0.5, 0.6) is 11.5 Å². The van der Waals surface area contributed by atoms with Crippen LogP contribution in [0.25, 0.3) is 0 Å². The van der Waals surface area contributed by atoms with Crippen LogP contribution in [-0.2, 0) is 0 Å². The first-order chi connectivity index (χ1) is 11.6. The fraction of sp³-hybridized carbons (Fsp3) is 0.278. The molecule has 0 amide bonds. The number of aromatic hydroxyl groups is 1. The zero-order valence-electron chi connectivity index (χ0n) is 13.5. The van der Waals surface area contributed by atoms with Crippen molar-refractivity contribution >= 4 is 17.6 Å². The Kier molecular flexibility index (Phi) is 6.31. The smallest absolute Gasteiger partial charge is 0.269 e. The molecule has 0 spiro atoms. The van der Waals surface area contributed by atoms with Crippen molar-refractivity contribution in [1.29, 1.82) is 0 Å². The molecular weight excluding hydrogens is 308 g/mol. The number of aliphatic imine (C=N–C) groups is 1. The van der Waals surface area contributed by atoms with E-state index in [-0.39, 0.29) is 11.4 Å². The maximum Gasteiger partial charge on any atom is 0.269 e. The molecule has 2 aromatic carbocycles. The van der Waals surface area contributed by atoms with Gasteiger partial charge in [0.2, 0.25) is 0 Å². The van der Waals surface area contributed by atoms with Gasteiger partial charge in [0.05, 0.1) is 17.2 Å². The second-order valence-electron chi connectivity index (χ2n) is 5.31. The van der Waals surface area contributed by atoms with E-state index in [9.17, 15) is 15.2 Å². The first-order valence-corrected chi connectivity index (χ1v) is 7.84. The molecule has 0 atom stereocenters. The largest absolute Gasteiger partial charge is 0.507 e. The highest BCUT2D eigenvalue weighted by Crippen LogP contribution is 2.23. The van der Waals surface area contributed by atoms with Gasteiger partial charge in [0.1, 0.15) is 11.5 Å². The molecule has 1 N–H and O–H groups in total. The van der Waals surface area contributed by atoms with Gasteiger partial charge < -0.3 is 9.84 Å². The van der Waals surface area contributed by atoms with E-state index in [0.29, 0.717) is 23.6 Å². The molecule has 0 aliphatic rings. The Morgan fingerprint density at radius 3 is 2.62 bits per heavy atom. The van der Waals surface area contributed by atoms with Crippen LogP contribution in [0.2, 0.25) is 0 Å². The zero-order valence-corrected chi connectivity index (χ0v) is 13.5. The van der Waals surface area contributed by atoms with Crippen LogP contribution in [-0.4, -0.2) is 22.9 Å². The Morgan fingerprint density at radius 2 is 1.96 bits per heavy atom. The molecular formula is C18H20N2O4. The average Bonchev–Trinajstić information content (AvgIpc) is 2.59. The first-order valence-electron chi connectivity index (χ1n) is 7.84. The van der Waals surface area contributed by atoms with Gasteiger partial charge in [-0.1, -0.05) is 19.8 Å². The minimum Gasteiger partial charge on any atom is -0.507 e. The minimum absolute atomic E-state index is 0.0132. The summed E-state index contributed by atoms with van der Waals surface area (Å²) >= 11 is 0. The third-order valence-corrected chi connectivity index (χ3v) is 3.43. The monoisotopic (exact) mass is 328 g/mol. The molecule has 0 aliphatic carbocycles. The fourth-order valence-electron chi connectivity index (χ4n) is 2.07. The SMILES string of the molecule is CCCCCOc1ccc(O)c(C=Nc2ccc([N+](=O)[O-])cc2)c1. The van der Waals surface area contributed by atoms with E-state index in [0.717, 1.165) is 19.3 Å². The highest BCUT2D eigenvalue weighted by Gasteiger charge is 2.04. The summed E-state index contributed by atoms with van der Waals surface area (Å²) in [4.78, 5) is 14.4. The Hall–Kier alpha value is -2.89. The highest BCUT2D eigenvalue weighted by atomic mass is 16.6. The fourth-order valence-corrected chi connectivity index (χ4v) is 2.07. The lowest BCUT2D eigenvalue weighted by Crippen LogP contribution is -1.97. The highest BCUT2D eigenvalue weighted by molar-refractivity contribution is 5.86. The van der Waals surface area contributed by atoms with Crippen molar-refractivity contribution in [2.24, 2.45) is 4.99 Å². The first kappa shape index (κ1) is 17.5. The quantitative estimate of drug-likeness (QED) is 0.331. The van der Waals surface area contributed by atoms with Crippen molar-refractivity contribution in [2.75, 3.05) is 6.61 Å². The Balaban J connectivity index is 2.06. The van der Waals surface area contributed by atoms with Crippen molar-refractivity contribution in [2.45, 2.75) is 26.2 Å². The number of unbranched alkanes of at least 4 members (excludes halogenated alkanes) is 2. The maximum atomic E-state index is 10.6. The molecule has 0 heterocycles. The lowest BCUT2D eigenvalue weighted by atomic mass is 10.2. The topological polar surface area (TPSA) is 85.0 Å². The third kappa shape index (κ3) is 5.08. The summed E-state index contributed by atoms with van der Waals surface area (Å²) in [6.45, 7) is 2.77. The lowest BCUT2D eigenvalue weighted by Gasteiger charge is -2.07. The molecule has 6 heteroatoms. The van der Waals surface area contributed by atoms with Gasteiger partial charge in [0, 0.05) is 23.9 Å². The van der Waals surface area contributed by atoms with Crippen LogP contribution in [0.1, 0.15) is 31.7 Å². The Morgan fingerprint density at radius 1 is 1.21 bits per heavy atom. The summed E-state index contributed by atoms with van der Waals surface area (Å²) in [5, 5.41) is 20.5. The van der Waals surface area contributed by atoms with Gasteiger partial charge in [-0.05, 0) is 36.8 Å². The average molecular weight is 328 g/mol. The molecule has 0 aliphatic heterocycles. The van der Waals surface area contributed by atoms with E-state index in [1.807, 2.05) is 0 Å². The van der Waals surface area contributed by atoms with Crippen LogP contribution in [0.3, 0.4) is 0 Å². The predicted molar refractivity (Wildman–Crippen MR) is 93.5 cm³/mol. The standard InChI is InChI=1S/C18H20N2O4/c1-2-3-4-11-24-17-9-10-18(21)14(12-17)13-19-15-5-7-16(8-6-15)20(22)23/h5-10,12-13,21H,2-4,11H2,1H3. The van der Waals surface area contributed by atoms with E-state index in [4.69, 9.17) is 4.74 Å². The second kappa shape index (κ2) is 8.67. The van der Waals surface area contributed by atoms with E-state index < -0.39 is 4.92 Å². The minimum atomic E-state index is -0.460. The van der Waals surface area contributed by atoms with Crippen molar-refractivity contribution in [1.82, 2.24) is 0 Å². The third-order valence-electron chi connectivity index (χ3n) is 3.43. The summed E-state index contributed by atoms with van der Waals surface area (Å²) in [5.74, 6) is 0.774. The molecule has 0 aromatic heterocycles. The number of nitrogens with zero attached hydrogens (tertiary/aromatic N) is 2. The predicted octanol–water partition coefficient (Wildman–Crippen LogP) is 4.62. The van der Waals surface area contributed by atoms with Gasteiger partial charge in [-0.3, -0.25) is 15.1 Å². The van der Waals surface area contributed by atoms with Crippen LogP contribution in [0.4, 0.5) is 11.4 Å². The van der Waals surface area contributed by atoms with E-state index in [1.54, 1.807) is 30.3 Å². The van der Waals surface area contributed by atoms with Crippen molar-refractivity contribution in [3.8, 4) is 11.5 Å². The summed E-state index contributed by atoms with van der Waals surface area (Å²) in [5.41, 5.74) is 1.11. The van der Waals surface area contributed by atoms with Gasteiger partial charge in [-0.2, -0.15) is 0 Å². The maximum absolute atomic E-state index is 10.6. The normalized spacial score (nSPS) is 10.9. The second-order valence-corrected chi connectivity index (χ2v) is 5.31. The van der Waals surface area contributed by atoms with Crippen LogP contribution < -0.4 is 4.74 Å². The number of benzene rings is 2. The number of phenolic OH excluding ortho intramolecular Hbond substituents is 1. The molecule has 0 saturated heterocycles. The van der Waals surface area contributed by atoms with E-state index in [1.165, 1.54) is 18.3 Å². The van der Waals surface area contributed by atoms with Crippen LogP contribution in [0.15, 0.2) is 47.5 Å². The summed E-state index contributed by atoms with van der Waals surface area (Å²) in [6, 6.07) is 10.9. The molecule has 0 radical (unpaired) electrons. The molecule has 0 unspecified atom stereocenters. The number of hydrogen-bond donors (Lipinski definition) is 1. The number of hydrogen-bond acceptors (Lipinski definition) is 5. The summed E-state index contributed by atoms with van der Waals surface area (Å²) < 4.78 is 5.65. The summed E-state index contributed by atoms with van der Waals surface area (Å²) in [6.07, 6.45) is 4.75. The molecule has 0 saturated carbocycles. The van der Waals surface area contributed by atoms with Crippen molar-refractivity contribution in [3.05, 3.63) is 58.1 Å². The number of phenols is 1. The van der Waals surface area contributed by atoms with Gasteiger partial charge in [0.15, 0.2) is 0 Å². The molecule has 6 nitrogen and oxygen atoms in total. The van der Waals surface area contributed by atoms with Crippen molar-refractivity contribution < 1.29 is 14.8 Å². The Labute approximate surface area is 140 Å². The van der Waals surface area contributed by atoms with E-state index >= 15 is 0 Å². The van der Waals surface area contributed by atoms with E-state index in [2.05, 4.69) is 11.9 Å². The number of non-ortho nitro benzene ring substituents is 1. The van der Waals surface area contributed by atoms with Crippen LogP contribution >= 0.6 is 0 Å². The number of ether oxygens (including phenoxy) is 1. The van der Waals surface area contributed by atoms with Crippen LogP contribution in [0, 0.1) is 10.1 Å². The Bertz CT molecular complexity index is 711. The zero-order chi connectivity index (χ0) is 17.4. The number of rotatable bonds is 8. The number of nitro groups is 1. The molecule has 0 fully saturated rings. The van der Waals surface area contributed by atoms with Gasteiger partial charge in [-0.25, -0.2) is 0 Å². The molecule has 2 rings (SSSR count). The van der Waals surface area contributed by atoms with Gasteiger partial charge >= 0.3 is 0 Å². The molecule has 126 valence electrons. The molecule has 0 bridgehead atoms.